The van der Waals surface area contributed by atoms with Crippen molar-refractivity contribution in [1.29, 1.82) is 0 Å². The number of hydrogen-bond donors (Lipinski definition) is 1. The Bertz CT molecular complexity index is 1070. The Morgan fingerprint density at radius 1 is 1.10 bits per heavy atom. The number of nitrogens with two attached hydrogens (primary N) is 1. The zero-order valence-electron chi connectivity index (χ0n) is 15.5. The number of aromatic nitrogens is 2. The summed E-state index contributed by atoms with van der Waals surface area (Å²) in [6.07, 6.45) is 3.40. The predicted octanol–water partition coefficient (Wildman–Crippen LogP) is 3.09. The van der Waals surface area contributed by atoms with Crippen LogP contribution in [0.5, 0.6) is 0 Å². The van der Waals surface area contributed by atoms with Crippen LogP contribution in [0, 0.1) is 17.5 Å². The summed E-state index contributed by atoms with van der Waals surface area (Å²) >= 11 is 0. The molecule has 1 amide bonds. The molecule has 1 unspecified atom stereocenters. The molecule has 29 heavy (non-hydrogen) atoms. The first-order chi connectivity index (χ1) is 13.9. The second-order valence-electron chi connectivity index (χ2n) is 7.12. The van der Waals surface area contributed by atoms with E-state index in [4.69, 9.17) is 5.73 Å². The fourth-order valence-electron chi connectivity index (χ4n) is 3.59. The molecule has 2 aromatic carbocycles. The average Bonchev–Trinajstić information content (AvgIpc) is 3.07. The van der Waals surface area contributed by atoms with Gasteiger partial charge in [-0.3, -0.25) is 4.79 Å². The Morgan fingerprint density at radius 3 is 2.69 bits per heavy atom. The molecule has 0 bridgehead atoms. The molecule has 5 nitrogen and oxygen atoms in total. The van der Waals surface area contributed by atoms with E-state index in [0.717, 1.165) is 23.1 Å². The molecule has 1 aromatic heterocycles. The normalized spacial score (nSPS) is 14.1. The summed E-state index contributed by atoms with van der Waals surface area (Å²) in [6, 6.07) is 8.28. The Labute approximate surface area is 165 Å². The Morgan fingerprint density at radius 2 is 1.86 bits per heavy atom. The molecule has 0 radical (unpaired) electrons. The molecule has 2 N–H and O–H groups in total. The monoisotopic (exact) mass is 400 g/mol. The topological polar surface area (TPSA) is 64.2 Å². The fourth-order valence-corrected chi connectivity index (χ4v) is 3.59. The predicted molar refractivity (Wildman–Crippen MR) is 100 cm³/mol. The van der Waals surface area contributed by atoms with Crippen LogP contribution in [0.3, 0.4) is 0 Å². The number of carbonyl (C=O) groups excluding carboxylic acids is 1. The summed E-state index contributed by atoms with van der Waals surface area (Å²) in [5, 5.41) is 0. The minimum Gasteiger partial charge on any atom is -0.331 e. The number of nitrogens with zero attached hydrogens (tertiary/aromatic N) is 3. The summed E-state index contributed by atoms with van der Waals surface area (Å²) in [5.41, 5.74) is 7.90. The molecule has 8 heteroatoms. The van der Waals surface area contributed by atoms with E-state index in [-0.39, 0.29) is 24.3 Å². The molecule has 150 valence electrons. The second kappa shape index (κ2) is 7.71. The van der Waals surface area contributed by atoms with Crippen LogP contribution in [0.4, 0.5) is 13.2 Å². The number of amides is 1. The SMILES string of the molecule is NC(CC(=O)N1Cc2ccccc2-n2ccnc2C1)Cc1cc(F)c(F)cc1F. The number of halogens is 3. The minimum atomic E-state index is -1.25. The Kier molecular flexibility index (Phi) is 5.10. The fraction of sp³-hybridized carbons (Fsp3) is 0.238. The lowest BCUT2D eigenvalue weighted by molar-refractivity contribution is -0.132. The van der Waals surface area contributed by atoms with E-state index in [1.807, 2.05) is 35.0 Å². The third-order valence-electron chi connectivity index (χ3n) is 5.02. The summed E-state index contributed by atoms with van der Waals surface area (Å²) in [7, 11) is 0. The molecule has 0 aliphatic carbocycles. The van der Waals surface area contributed by atoms with Gasteiger partial charge in [-0.25, -0.2) is 18.2 Å². The van der Waals surface area contributed by atoms with Crippen molar-refractivity contribution < 1.29 is 18.0 Å². The molecule has 4 rings (SSSR count). The van der Waals surface area contributed by atoms with Crippen LogP contribution in [0.2, 0.25) is 0 Å². The molecule has 3 aromatic rings. The van der Waals surface area contributed by atoms with Gasteiger partial charge in [0, 0.05) is 37.5 Å². The third kappa shape index (κ3) is 3.88. The van der Waals surface area contributed by atoms with E-state index >= 15 is 0 Å². The van der Waals surface area contributed by atoms with Gasteiger partial charge in [0.1, 0.15) is 11.6 Å². The first kappa shape index (κ1) is 19.2. The standard InChI is InChI=1S/C21H19F3N4O/c22-16-10-18(24)17(23)8-14(16)7-15(25)9-21(29)27-11-13-3-1-2-4-19(13)28-6-5-26-20(28)12-27/h1-6,8,10,15H,7,9,11-12,25H2. The largest absolute Gasteiger partial charge is 0.331 e. The maximum Gasteiger partial charge on any atom is 0.224 e. The number of benzene rings is 2. The summed E-state index contributed by atoms with van der Waals surface area (Å²) in [6.45, 7) is 0.706. The molecule has 0 fully saturated rings. The molecule has 1 aliphatic heterocycles. The van der Waals surface area contributed by atoms with Crippen molar-refractivity contribution in [3.05, 3.63) is 83.2 Å². The summed E-state index contributed by atoms with van der Waals surface area (Å²) in [5.74, 6) is -2.77. The van der Waals surface area contributed by atoms with Crippen molar-refractivity contribution in [3.63, 3.8) is 0 Å². The molecule has 2 heterocycles. The Balaban J connectivity index is 1.50. The lowest BCUT2D eigenvalue weighted by Crippen LogP contribution is -2.36. The number of fused-ring (bicyclic) bond motifs is 3. The number of imidazole rings is 1. The highest BCUT2D eigenvalue weighted by molar-refractivity contribution is 5.77. The zero-order chi connectivity index (χ0) is 20.5. The molecule has 0 saturated heterocycles. The van der Waals surface area contributed by atoms with Gasteiger partial charge in [0.25, 0.3) is 0 Å². The minimum absolute atomic E-state index is 0.0543. The maximum atomic E-state index is 13.9. The first-order valence-corrected chi connectivity index (χ1v) is 9.19. The summed E-state index contributed by atoms with van der Waals surface area (Å²) < 4.78 is 42.3. The van der Waals surface area contributed by atoms with Crippen molar-refractivity contribution in [3.8, 4) is 5.69 Å². The van der Waals surface area contributed by atoms with Gasteiger partial charge in [-0.2, -0.15) is 0 Å². The van der Waals surface area contributed by atoms with Crippen molar-refractivity contribution in [1.82, 2.24) is 14.5 Å². The van der Waals surface area contributed by atoms with E-state index in [1.54, 1.807) is 11.1 Å². The van der Waals surface area contributed by atoms with E-state index in [2.05, 4.69) is 4.98 Å². The molecule has 0 saturated carbocycles. The second-order valence-corrected chi connectivity index (χ2v) is 7.12. The summed E-state index contributed by atoms with van der Waals surface area (Å²) in [4.78, 5) is 18.9. The first-order valence-electron chi connectivity index (χ1n) is 9.19. The zero-order valence-corrected chi connectivity index (χ0v) is 15.5. The maximum absolute atomic E-state index is 13.9. The van der Waals surface area contributed by atoms with Gasteiger partial charge < -0.3 is 15.2 Å². The van der Waals surface area contributed by atoms with E-state index < -0.39 is 23.5 Å². The quantitative estimate of drug-likeness (QED) is 0.685. The van der Waals surface area contributed by atoms with Crippen LogP contribution in [-0.2, 0) is 24.3 Å². The number of rotatable bonds is 4. The molecule has 1 aliphatic rings. The van der Waals surface area contributed by atoms with Gasteiger partial charge in [0.15, 0.2) is 11.6 Å². The van der Waals surface area contributed by atoms with E-state index in [0.29, 0.717) is 19.2 Å². The average molecular weight is 400 g/mol. The smallest absolute Gasteiger partial charge is 0.224 e. The van der Waals surface area contributed by atoms with Gasteiger partial charge in [0.05, 0.1) is 12.2 Å². The van der Waals surface area contributed by atoms with Crippen LogP contribution in [0.15, 0.2) is 48.8 Å². The number of hydrogen-bond acceptors (Lipinski definition) is 3. The van der Waals surface area contributed by atoms with Gasteiger partial charge in [-0.1, -0.05) is 18.2 Å². The van der Waals surface area contributed by atoms with Crippen molar-refractivity contribution >= 4 is 5.91 Å². The van der Waals surface area contributed by atoms with Crippen molar-refractivity contribution in [2.75, 3.05) is 0 Å². The van der Waals surface area contributed by atoms with Gasteiger partial charge in [-0.05, 0) is 29.7 Å². The van der Waals surface area contributed by atoms with Gasteiger partial charge in [-0.15, -0.1) is 0 Å². The van der Waals surface area contributed by atoms with Gasteiger partial charge >= 0.3 is 0 Å². The highest BCUT2D eigenvalue weighted by atomic mass is 19.2. The van der Waals surface area contributed by atoms with Crippen LogP contribution in [0.25, 0.3) is 5.69 Å². The molecule has 0 spiro atoms. The number of para-hydroxylation sites is 1. The third-order valence-corrected chi connectivity index (χ3v) is 5.02. The molecule has 1 atom stereocenters. The number of carbonyl (C=O) groups is 1. The highest BCUT2D eigenvalue weighted by Gasteiger charge is 2.25. The van der Waals surface area contributed by atoms with Crippen LogP contribution in [-0.4, -0.2) is 26.4 Å². The lowest BCUT2D eigenvalue weighted by Gasteiger charge is -2.22. The van der Waals surface area contributed by atoms with E-state index in [9.17, 15) is 18.0 Å². The Hall–Kier alpha value is -3.13. The van der Waals surface area contributed by atoms with E-state index in [1.165, 1.54) is 0 Å². The van der Waals surface area contributed by atoms with Crippen LogP contribution < -0.4 is 5.73 Å². The van der Waals surface area contributed by atoms with Crippen molar-refractivity contribution in [2.24, 2.45) is 5.73 Å². The molecular weight excluding hydrogens is 381 g/mol. The van der Waals surface area contributed by atoms with Crippen LogP contribution in [0.1, 0.15) is 23.4 Å². The van der Waals surface area contributed by atoms with Crippen molar-refractivity contribution in [2.45, 2.75) is 32.0 Å². The molecular formula is C21H19F3N4O. The van der Waals surface area contributed by atoms with Crippen LogP contribution >= 0.6 is 0 Å². The van der Waals surface area contributed by atoms with Gasteiger partial charge in [0.2, 0.25) is 5.91 Å². The lowest BCUT2D eigenvalue weighted by atomic mass is 10.0. The highest BCUT2D eigenvalue weighted by Crippen LogP contribution is 2.24.